The average molecular weight is 392 g/mol. The summed E-state index contributed by atoms with van der Waals surface area (Å²) in [5.74, 6) is 0.558. The lowest BCUT2D eigenvalue weighted by Crippen LogP contribution is -2.36. The Morgan fingerprint density at radius 3 is 3.04 bits per heavy atom. The number of fused-ring (bicyclic) bond motifs is 1. The fourth-order valence-electron chi connectivity index (χ4n) is 3.41. The van der Waals surface area contributed by atoms with Gasteiger partial charge in [-0.3, -0.25) is 4.79 Å². The van der Waals surface area contributed by atoms with E-state index in [-0.39, 0.29) is 11.8 Å². The summed E-state index contributed by atoms with van der Waals surface area (Å²) in [5.41, 5.74) is 4.73. The quantitative estimate of drug-likeness (QED) is 0.823. The van der Waals surface area contributed by atoms with Gasteiger partial charge in [0.15, 0.2) is 5.13 Å². The van der Waals surface area contributed by atoms with E-state index < -0.39 is 0 Å². The number of nitrogens with zero attached hydrogens (tertiary/aromatic N) is 2. The van der Waals surface area contributed by atoms with Crippen molar-refractivity contribution in [3.8, 4) is 5.75 Å². The highest BCUT2D eigenvalue weighted by Crippen LogP contribution is 2.39. The number of ether oxygens (including phenoxy) is 2. The predicted octanol–water partition coefficient (Wildman–Crippen LogP) is 2.01. The van der Waals surface area contributed by atoms with Gasteiger partial charge in [0.25, 0.3) is 0 Å². The van der Waals surface area contributed by atoms with Gasteiger partial charge in [-0.15, -0.1) is 0 Å². The topological polar surface area (TPSA) is 85.0 Å². The van der Waals surface area contributed by atoms with Gasteiger partial charge in [0.1, 0.15) is 11.3 Å². The van der Waals surface area contributed by atoms with Crippen molar-refractivity contribution in [2.75, 3.05) is 56.8 Å². The molecule has 2 saturated heterocycles. The Labute approximate surface area is 161 Å². The van der Waals surface area contributed by atoms with E-state index in [1.807, 2.05) is 6.07 Å². The normalized spacial score (nSPS) is 21.1. The Balaban J connectivity index is 1.60. The monoisotopic (exact) mass is 392 g/mol. The van der Waals surface area contributed by atoms with E-state index in [4.69, 9.17) is 14.3 Å². The van der Waals surface area contributed by atoms with Crippen LogP contribution >= 0.6 is 11.3 Å². The van der Waals surface area contributed by atoms with Crippen LogP contribution in [0.2, 0.25) is 0 Å². The number of hydrogen-bond donors (Lipinski definition) is 2. The zero-order chi connectivity index (χ0) is 18.6. The van der Waals surface area contributed by atoms with E-state index in [0.29, 0.717) is 37.2 Å². The second-order valence-electron chi connectivity index (χ2n) is 6.61. The zero-order valence-electron chi connectivity index (χ0n) is 15.3. The van der Waals surface area contributed by atoms with Crippen molar-refractivity contribution in [2.45, 2.75) is 12.8 Å². The van der Waals surface area contributed by atoms with Crippen LogP contribution in [0.3, 0.4) is 0 Å². The summed E-state index contributed by atoms with van der Waals surface area (Å²) in [4.78, 5) is 24.8. The lowest BCUT2D eigenvalue weighted by atomic mass is 10.0. The maximum absolute atomic E-state index is 12.6. The minimum absolute atomic E-state index is 0.0288. The van der Waals surface area contributed by atoms with Gasteiger partial charge in [-0.2, -0.15) is 0 Å². The standard InChI is InChI=1S/C18H24N4O4S/c1-24-14-5-4-13(22-6-9-25-10-7-22)16-15(14)20-18(27-16)21-17(23)12-3-2-8-26-19-11-12/h4-5,12,19H,2-3,6-11H2,1H3,(H,20,21,23). The number of hydrogen-bond acceptors (Lipinski definition) is 8. The molecule has 8 nitrogen and oxygen atoms in total. The van der Waals surface area contributed by atoms with E-state index in [0.717, 1.165) is 41.8 Å². The number of nitrogens with one attached hydrogen (secondary N) is 2. The summed E-state index contributed by atoms with van der Waals surface area (Å²) in [6.45, 7) is 4.26. The molecule has 2 N–H and O–H groups in total. The van der Waals surface area contributed by atoms with E-state index in [9.17, 15) is 4.79 Å². The number of benzene rings is 1. The van der Waals surface area contributed by atoms with E-state index in [2.05, 4.69) is 26.7 Å². The molecule has 0 bridgehead atoms. The molecular weight excluding hydrogens is 368 g/mol. The van der Waals surface area contributed by atoms with Crippen molar-refractivity contribution in [3.05, 3.63) is 12.1 Å². The first kappa shape index (κ1) is 18.4. The Hall–Kier alpha value is -1.94. The molecule has 1 unspecified atom stereocenters. The number of thiazole rings is 1. The van der Waals surface area contributed by atoms with Crippen LogP contribution in [0.25, 0.3) is 10.2 Å². The molecule has 0 spiro atoms. The molecule has 2 aliphatic rings. The van der Waals surface area contributed by atoms with Crippen LogP contribution in [-0.4, -0.2) is 57.5 Å². The SMILES string of the molecule is COc1ccc(N2CCOCC2)c2sc(NC(=O)C3CCCONC3)nc12. The second kappa shape index (κ2) is 8.39. The van der Waals surface area contributed by atoms with E-state index in [1.54, 1.807) is 7.11 Å². The Kier molecular flexibility index (Phi) is 5.72. The summed E-state index contributed by atoms with van der Waals surface area (Å²) >= 11 is 1.49. The third kappa shape index (κ3) is 4.01. The molecular formula is C18H24N4O4S. The van der Waals surface area contributed by atoms with Crippen molar-refractivity contribution in [3.63, 3.8) is 0 Å². The zero-order valence-corrected chi connectivity index (χ0v) is 16.1. The first-order valence-electron chi connectivity index (χ1n) is 9.22. The van der Waals surface area contributed by atoms with Crippen molar-refractivity contribution in [1.82, 2.24) is 10.5 Å². The molecule has 2 fully saturated rings. The molecule has 4 rings (SSSR count). The molecule has 1 aromatic carbocycles. The lowest BCUT2D eigenvalue weighted by Gasteiger charge is -2.29. The Morgan fingerprint density at radius 1 is 1.37 bits per heavy atom. The summed E-state index contributed by atoms with van der Waals surface area (Å²) < 4.78 is 12.0. The molecule has 1 amide bonds. The smallest absolute Gasteiger partial charge is 0.230 e. The molecule has 2 aliphatic heterocycles. The summed E-state index contributed by atoms with van der Waals surface area (Å²) in [6.07, 6.45) is 1.66. The van der Waals surface area contributed by atoms with Gasteiger partial charge in [-0.05, 0) is 25.0 Å². The molecule has 9 heteroatoms. The van der Waals surface area contributed by atoms with Gasteiger partial charge in [-0.25, -0.2) is 10.5 Å². The summed E-state index contributed by atoms with van der Waals surface area (Å²) in [6, 6.07) is 3.99. The van der Waals surface area contributed by atoms with Crippen LogP contribution in [0, 0.1) is 5.92 Å². The number of hydroxylamine groups is 1. The van der Waals surface area contributed by atoms with Crippen molar-refractivity contribution < 1.29 is 19.1 Å². The van der Waals surface area contributed by atoms with Crippen LogP contribution in [-0.2, 0) is 14.4 Å². The van der Waals surface area contributed by atoms with Gasteiger partial charge in [-0.1, -0.05) is 11.3 Å². The van der Waals surface area contributed by atoms with Crippen molar-refractivity contribution >= 4 is 38.3 Å². The first-order valence-corrected chi connectivity index (χ1v) is 10.0. The molecule has 0 saturated carbocycles. The van der Waals surface area contributed by atoms with Gasteiger partial charge < -0.3 is 24.5 Å². The minimum atomic E-state index is -0.125. The molecule has 0 radical (unpaired) electrons. The number of amides is 1. The van der Waals surface area contributed by atoms with Crippen LogP contribution in [0.1, 0.15) is 12.8 Å². The molecule has 0 aliphatic carbocycles. The second-order valence-corrected chi connectivity index (χ2v) is 7.61. The molecule has 27 heavy (non-hydrogen) atoms. The summed E-state index contributed by atoms with van der Waals surface area (Å²) in [5, 5.41) is 3.58. The molecule has 1 aromatic heterocycles. The summed E-state index contributed by atoms with van der Waals surface area (Å²) in [7, 11) is 1.64. The third-order valence-corrected chi connectivity index (χ3v) is 5.88. The number of anilines is 2. The highest BCUT2D eigenvalue weighted by Gasteiger charge is 2.23. The Morgan fingerprint density at radius 2 is 2.22 bits per heavy atom. The largest absolute Gasteiger partial charge is 0.494 e. The molecule has 1 atom stereocenters. The fraction of sp³-hybridized carbons (Fsp3) is 0.556. The molecule has 146 valence electrons. The van der Waals surface area contributed by atoms with Gasteiger partial charge in [0.05, 0.1) is 43.2 Å². The van der Waals surface area contributed by atoms with Gasteiger partial charge in [0.2, 0.25) is 5.91 Å². The van der Waals surface area contributed by atoms with E-state index >= 15 is 0 Å². The predicted molar refractivity (Wildman–Crippen MR) is 105 cm³/mol. The third-order valence-electron chi connectivity index (χ3n) is 4.89. The van der Waals surface area contributed by atoms with Crippen LogP contribution in [0.4, 0.5) is 10.8 Å². The van der Waals surface area contributed by atoms with Crippen LogP contribution < -0.4 is 20.4 Å². The minimum Gasteiger partial charge on any atom is -0.494 e. The molecule has 2 aromatic rings. The number of methoxy groups -OCH3 is 1. The fourth-order valence-corrected chi connectivity index (χ4v) is 4.43. The van der Waals surface area contributed by atoms with Gasteiger partial charge >= 0.3 is 0 Å². The highest BCUT2D eigenvalue weighted by atomic mass is 32.1. The maximum atomic E-state index is 12.6. The van der Waals surface area contributed by atoms with Crippen molar-refractivity contribution in [1.29, 1.82) is 0 Å². The number of rotatable bonds is 4. The average Bonchev–Trinajstić information content (AvgIpc) is 2.93. The van der Waals surface area contributed by atoms with Gasteiger partial charge in [0, 0.05) is 19.6 Å². The number of morpholine rings is 1. The number of carbonyl (C=O) groups is 1. The first-order chi connectivity index (χ1) is 13.3. The maximum Gasteiger partial charge on any atom is 0.230 e. The number of carbonyl (C=O) groups excluding carboxylic acids is 1. The Bertz CT molecular complexity index is 798. The highest BCUT2D eigenvalue weighted by molar-refractivity contribution is 7.23. The molecule has 3 heterocycles. The van der Waals surface area contributed by atoms with Crippen LogP contribution in [0.5, 0.6) is 5.75 Å². The van der Waals surface area contributed by atoms with Crippen LogP contribution in [0.15, 0.2) is 12.1 Å². The lowest BCUT2D eigenvalue weighted by molar-refractivity contribution is -0.120. The number of aromatic nitrogens is 1. The van der Waals surface area contributed by atoms with Crippen molar-refractivity contribution in [2.24, 2.45) is 5.92 Å². The van der Waals surface area contributed by atoms with E-state index in [1.165, 1.54) is 11.3 Å².